The molecule has 2 nitrogen and oxygen atoms in total. The van der Waals surface area contributed by atoms with E-state index in [2.05, 4.69) is 16.4 Å². The van der Waals surface area contributed by atoms with Crippen molar-refractivity contribution in [2.24, 2.45) is 0 Å². The molecule has 0 aliphatic carbocycles. The van der Waals surface area contributed by atoms with Crippen LogP contribution in [0.3, 0.4) is 0 Å². The summed E-state index contributed by atoms with van der Waals surface area (Å²) >= 11 is 0. The average Bonchev–Trinajstić information content (AvgIpc) is 2.35. The first-order chi connectivity index (χ1) is 5.47. The van der Waals surface area contributed by atoms with E-state index in [9.17, 15) is 0 Å². The molecule has 0 spiro atoms. The Bertz CT molecular complexity index is 205. The second-order valence-electron chi connectivity index (χ2n) is 3.12. The highest BCUT2D eigenvalue weighted by atomic mass is 14.9. The summed E-state index contributed by atoms with van der Waals surface area (Å²) in [5, 5.41) is 3.40. The number of nitrogens with one attached hydrogen (secondary N) is 2. The maximum atomic E-state index is 3.40. The summed E-state index contributed by atoms with van der Waals surface area (Å²) in [7, 11) is 0. The van der Waals surface area contributed by atoms with E-state index in [1.54, 1.807) is 0 Å². The summed E-state index contributed by atoms with van der Waals surface area (Å²) in [4.78, 5) is 3.26. The smallest absolute Gasteiger partial charge is 0.0360 e. The lowest BCUT2D eigenvalue weighted by Crippen LogP contribution is -2.18. The molecular formula is C9H14N2. The van der Waals surface area contributed by atoms with Crippen LogP contribution in [0.2, 0.25) is 0 Å². The number of aromatic nitrogens is 1. The van der Waals surface area contributed by atoms with Crippen LogP contribution in [0.1, 0.15) is 24.1 Å². The number of fused-ring (bicyclic) bond motifs is 1. The first kappa shape index (κ1) is 6.92. The van der Waals surface area contributed by atoms with Gasteiger partial charge in [-0.25, -0.2) is 0 Å². The summed E-state index contributed by atoms with van der Waals surface area (Å²) in [6, 6.07) is 2.20. The van der Waals surface area contributed by atoms with Crippen LogP contribution in [0.25, 0.3) is 0 Å². The molecule has 0 unspecified atom stereocenters. The molecule has 1 aliphatic heterocycles. The molecule has 2 heteroatoms. The summed E-state index contributed by atoms with van der Waals surface area (Å²) in [6.07, 6.45) is 5.92. The largest absolute Gasteiger partial charge is 0.364 e. The molecular weight excluding hydrogens is 136 g/mol. The molecule has 0 atom stereocenters. The topological polar surface area (TPSA) is 27.8 Å². The predicted molar refractivity (Wildman–Crippen MR) is 45.4 cm³/mol. The van der Waals surface area contributed by atoms with E-state index in [1.807, 2.05) is 6.20 Å². The molecule has 0 bridgehead atoms. The number of H-pyrrole nitrogens is 1. The highest BCUT2D eigenvalue weighted by Gasteiger charge is 2.05. The quantitative estimate of drug-likeness (QED) is 0.575. The summed E-state index contributed by atoms with van der Waals surface area (Å²) in [5.74, 6) is 0. The predicted octanol–water partition coefficient (Wildman–Crippen LogP) is 1.44. The Morgan fingerprint density at radius 3 is 3.27 bits per heavy atom. The Labute approximate surface area is 67.0 Å². The molecule has 2 heterocycles. The summed E-state index contributed by atoms with van der Waals surface area (Å²) in [6.45, 7) is 2.18. The zero-order valence-corrected chi connectivity index (χ0v) is 6.69. The maximum absolute atomic E-state index is 3.40. The van der Waals surface area contributed by atoms with Gasteiger partial charge in [0.2, 0.25) is 0 Å². The Morgan fingerprint density at radius 1 is 1.27 bits per heavy atom. The van der Waals surface area contributed by atoms with Crippen LogP contribution >= 0.6 is 0 Å². The first-order valence-electron chi connectivity index (χ1n) is 4.32. The van der Waals surface area contributed by atoms with Crippen LogP contribution in [0.5, 0.6) is 0 Å². The molecule has 60 valence electrons. The Morgan fingerprint density at radius 2 is 2.27 bits per heavy atom. The van der Waals surface area contributed by atoms with Crippen LogP contribution in [0.15, 0.2) is 12.3 Å². The van der Waals surface area contributed by atoms with E-state index in [4.69, 9.17) is 0 Å². The van der Waals surface area contributed by atoms with Crippen LogP contribution in [0, 0.1) is 0 Å². The molecule has 0 fully saturated rings. The maximum Gasteiger partial charge on any atom is 0.0360 e. The van der Waals surface area contributed by atoms with Crippen molar-refractivity contribution in [2.45, 2.75) is 25.8 Å². The van der Waals surface area contributed by atoms with Crippen molar-refractivity contribution >= 4 is 0 Å². The van der Waals surface area contributed by atoms with E-state index in [-0.39, 0.29) is 0 Å². The van der Waals surface area contributed by atoms with E-state index >= 15 is 0 Å². The Balaban J connectivity index is 2.18. The van der Waals surface area contributed by atoms with E-state index < -0.39 is 0 Å². The molecule has 0 aromatic carbocycles. The van der Waals surface area contributed by atoms with Gasteiger partial charge in [-0.2, -0.15) is 0 Å². The van der Waals surface area contributed by atoms with Gasteiger partial charge in [-0.15, -0.1) is 0 Å². The SMILES string of the molecule is c1cc2c([nH]1)CNCCCC2. The number of hydrogen-bond acceptors (Lipinski definition) is 1. The molecule has 1 aliphatic rings. The number of hydrogen-bond donors (Lipinski definition) is 2. The zero-order chi connectivity index (χ0) is 7.52. The van der Waals surface area contributed by atoms with Gasteiger partial charge < -0.3 is 10.3 Å². The van der Waals surface area contributed by atoms with Crippen molar-refractivity contribution in [1.82, 2.24) is 10.3 Å². The van der Waals surface area contributed by atoms with Crippen LogP contribution < -0.4 is 5.32 Å². The van der Waals surface area contributed by atoms with Crippen molar-refractivity contribution in [2.75, 3.05) is 6.54 Å². The van der Waals surface area contributed by atoms with E-state index in [0.717, 1.165) is 6.54 Å². The molecule has 1 aromatic heterocycles. The van der Waals surface area contributed by atoms with Crippen molar-refractivity contribution in [1.29, 1.82) is 0 Å². The van der Waals surface area contributed by atoms with Gasteiger partial charge in [-0.05, 0) is 37.4 Å². The minimum Gasteiger partial charge on any atom is -0.364 e. The molecule has 11 heavy (non-hydrogen) atoms. The second-order valence-corrected chi connectivity index (χ2v) is 3.12. The molecule has 0 saturated heterocycles. The standard InChI is InChI=1S/C9H14N2/c1-2-5-10-7-9-8(3-1)4-6-11-9/h4,6,10-11H,1-3,5,7H2. The van der Waals surface area contributed by atoms with Gasteiger partial charge in [-0.1, -0.05) is 0 Å². The minimum absolute atomic E-state index is 1.02. The van der Waals surface area contributed by atoms with Gasteiger partial charge >= 0.3 is 0 Å². The van der Waals surface area contributed by atoms with Crippen LogP contribution in [-0.4, -0.2) is 11.5 Å². The van der Waals surface area contributed by atoms with Crippen molar-refractivity contribution in [3.63, 3.8) is 0 Å². The fourth-order valence-electron chi connectivity index (χ4n) is 1.61. The van der Waals surface area contributed by atoms with Crippen LogP contribution in [0.4, 0.5) is 0 Å². The molecule has 0 saturated carbocycles. The van der Waals surface area contributed by atoms with Gasteiger partial charge in [0.25, 0.3) is 0 Å². The Kier molecular flexibility index (Phi) is 1.95. The lowest BCUT2D eigenvalue weighted by molar-refractivity contribution is 0.593. The fourth-order valence-corrected chi connectivity index (χ4v) is 1.61. The number of aromatic amines is 1. The third-order valence-corrected chi connectivity index (χ3v) is 2.28. The van der Waals surface area contributed by atoms with Crippen molar-refractivity contribution < 1.29 is 0 Å². The molecule has 2 N–H and O–H groups in total. The summed E-state index contributed by atoms with van der Waals surface area (Å²) < 4.78 is 0. The number of rotatable bonds is 0. The Hall–Kier alpha value is -0.760. The highest BCUT2D eigenvalue weighted by molar-refractivity contribution is 5.20. The lowest BCUT2D eigenvalue weighted by atomic mass is 10.1. The zero-order valence-electron chi connectivity index (χ0n) is 6.69. The van der Waals surface area contributed by atoms with E-state index in [1.165, 1.54) is 37.1 Å². The van der Waals surface area contributed by atoms with Gasteiger partial charge in [0.05, 0.1) is 0 Å². The van der Waals surface area contributed by atoms with Crippen molar-refractivity contribution in [3.8, 4) is 0 Å². The van der Waals surface area contributed by atoms with Crippen LogP contribution in [-0.2, 0) is 13.0 Å². The third kappa shape index (κ3) is 1.46. The fraction of sp³-hybridized carbons (Fsp3) is 0.556. The first-order valence-corrected chi connectivity index (χ1v) is 4.32. The minimum atomic E-state index is 1.02. The van der Waals surface area contributed by atoms with Gasteiger partial charge in [-0.3, -0.25) is 0 Å². The molecule has 1 aromatic rings. The van der Waals surface area contributed by atoms with Gasteiger partial charge in [0.15, 0.2) is 0 Å². The third-order valence-electron chi connectivity index (χ3n) is 2.28. The second kappa shape index (κ2) is 3.09. The van der Waals surface area contributed by atoms with E-state index in [0.29, 0.717) is 0 Å². The average molecular weight is 150 g/mol. The normalized spacial score (nSPS) is 18.5. The summed E-state index contributed by atoms with van der Waals surface area (Å²) in [5.41, 5.74) is 2.88. The lowest BCUT2D eigenvalue weighted by Gasteiger charge is -2.10. The molecule has 2 rings (SSSR count). The van der Waals surface area contributed by atoms with Crippen molar-refractivity contribution in [3.05, 3.63) is 23.5 Å². The number of aryl methyl sites for hydroxylation is 1. The monoisotopic (exact) mass is 150 g/mol. The van der Waals surface area contributed by atoms with Gasteiger partial charge in [0, 0.05) is 18.4 Å². The van der Waals surface area contributed by atoms with Gasteiger partial charge in [0.1, 0.15) is 0 Å². The molecule has 0 amide bonds. The molecule has 0 radical (unpaired) electrons. The highest BCUT2D eigenvalue weighted by Crippen LogP contribution is 2.12.